The van der Waals surface area contributed by atoms with Gasteiger partial charge in [0.25, 0.3) is 11.1 Å². The van der Waals surface area contributed by atoms with Gasteiger partial charge in [-0.15, -0.1) is 0 Å². The second-order valence-corrected chi connectivity index (χ2v) is 9.32. The number of hydrogen-bond acceptors (Lipinski definition) is 6. The van der Waals surface area contributed by atoms with Crippen molar-refractivity contribution in [1.82, 2.24) is 4.90 Å². The molecule has 0 unspecified atom stereocenters. The van der Waals surface area contributed by atoms with Crippen LogP contribution in [-0.4, -0.2) is 29.1 Å². The first-order valence-electron chi connectivity index (χ1n) is 9.89. The van der Waals surface area contributed by atoms with Crippen molar-refractivity contribution in [3.05, 3.63) is 98.0 Å². The van der Waals surface area contributed by atoms with Crippen LogP contribution in [0.5, 0.6) is 11.5 Å². The average molecular weight is 571 g/mol. The van der Waals surface area contributed by atoms with Gasteiger partial charge in [0.1, 0.15) is 11.5 Å². The molecule has 0 N–H and O–H groups in total. The Labute approximate surface area is 208 Å². The smallest absolute Gasteiger partial charge is 0.343 e. The van der Waals surface area contributed by atoms with Gasteiger partial charge in [-0.05, 0) is 100 Å². The number of benzene rings is 3. The fraction of sp³-hybridized carbons (Fsp3) is 0.0800. The summed E-state index contributed by atoms with van der Waals surface area (Å²) in [5, 5.41) is -0.313. The van der Waals surface area contributed by atoms with Crippen LogP contribution in [0.1, 0.15) is 21.5 Å². The van der Waals surface area contributed by atoms with E-state index >= 15 is 0 Å². The van der Waals surface area contributed by atoms with Crippen LogP contribution in [-0.2, 0) is 11.3 Å². The van der Waals surface area contributed by atoms with Gasteiger partial charge in [-0.1, -0.05) is 24.3 Å². The third-order valence-corrected chi connectivity index (χ3v) is 6.45. The van der Waals surface area contributed by atoms with Crippen LogP contribution in [0.15, 0.2) is 77.7 Å². The van der Waals surface area contributed by atoms with E-state index in [1.165, 1.54) is 4.90 Å². The maximum atomic E-state index is 12.8. The number of rotatable bonds is 6. The summed E-state index contributed by atoms with van der Waals surface area (Å²) in [4.78, 5) is 39.2. The zero-order chi connectivity index (χ0) is 23.4. The first kappa shape index (κ1) is 23.1. The van der Waals surface area contributed by atoms with E-state index in [9.17, 15) is 14.4 Å². The fourth-order valence-electron chi connectivity index (χ4n) is 3.12. The highest BCUT2D eigenvalue weighted by Gasteiger charge is 2.35. The molecule has 1 heterocycles. The quantitative estimate of drug-likeness (QED) is 0.162. The zero-order valence-corrected chi connectivity index (χ0v) is 20.5. The van der Waals surface area contributed by atoms with Crippen LogP contribution in [0.3, 0.4) is 0 Å². The summed E-state index contributed by atoms with van der Waals surface area (Å²) in [6.07, 6.45) is 1.63. The standard InChI is InChI=1S/C25H18INO5S/c1-31-20-11-7-18(8-12-20)24(29)32-21-4-2-3-17(13-21)14-22-23(28)27(25(30)33-22)15-16-5-9-19(26)10-6-16/h2-14H,15H2,1H3/b22-14-. The number of amides is 2. The predicted octanol–water partition coefficient (Wildman–Crippen LogP) is 5.76. The summed E-state index contributed by atoms with van der Waals surface area (Å²) in [7, 11) is 1.55. The molecule has 0 aliphatic carbocycles. The second-order valence-electron chi connectivity index (χ2n) is 7.08. The van der Waals surface area contributed by atoms with Gasteiger partial charge in [-0.2, -0.15) is 0 Å². The molecule has 0 bridgehead atoms. The number of carbonyl (C=O) groups is 3. The largest absolute Gasteiger partial charge is 0.497 e. The van der Waals surface area contributed by atoms with Gasteiger partial charge in [-0.3, -0.25) is 14.5 Å². The van der Waals surface area contributed by atoms with E-state index in [0.717, 1.165) is 20.9 Å². The minimum atomic E-state index is -0.507. The second kappa shape index (κ2) is 10.2. The van der Waals surface area contributed by atoms with Gasteiger partial charge >= 0.3 is 5.97 Å². The Hall–Kier alpha value is -3.11. The molecular weight excluding hydrogens is 553 g/mol. The summed E-state index contributed by atoms with van der Waals surface area (Å²) in [6.45, 7) is 0.221. The van der Waals surface area contributed by atoms with E-state index in [-0.39, 0.29) is 17.7 Å². The average Bonchev–Trinajstić information content (AvgIpc) is 3.08. The number of carbonyl (C=O) groups excluding carboxylic acids is 3. The lowest BCUT2D eigenvalue weighted by Gasteiger charge is -2.12. The van der Waals surface area contributed by atoms with Crippen molar-refractivity contribution < 1.29 is 23.9 Å². The van der Waals surface area contributed by atoms with Gasteiger partial charge in [0.15, 0.2) is 0 Å². The molecule has 3 aromatic rings. The first-order chi connectivity index (χ1) is 15.9. The third kappa shape index (κ3) is 5.63. The van der Waals surface area contributed by atoms with Crippen molar-refractivity contribution in [3.8, 4) is 11.5 Å². The fourth-order valence-corrected chi connectivity index (χ4v) is 4.32. The van der Waals surface area contributed by atoms with Crippen LogP contribution in [0.4, 0.5) is 4.79 Å². The lowest BCUT2D eigenvalue weighted by Crippen LogP contribution is -2.27. The van der Waals surface area contributed by atoms with Crippen molar-refractivity contribution in [1.29, 1.82) is 0 Å². The Balaban J connectivity index is 1.47. The lowest BCUT2D eigenvalue weighted by atomic mass is 10.2. The maximum Gasteiger partial charge on any atom is 0.343 e. The SMILES string of the molecule is COc1ccc(C(=O)Oc2cccc(/C=C3\SC(=O)N(Cc4ccc(I)cc4)C3=O)c2)cc1. The minimum Gasteiger partial charge on any atom is -0.497 e. The molecule has 33 heavy (non-hydrogen) atoms. The predicted molar refractivity (Wildman–Crippen MR) is 135 cm³/mol. The molecule has 0 saturated carbocycles. The highest BCUT2D eigenvalue weighted by Crippen LogP contribution is 2.33. The Kier molecular flexibility index (Phi) is 7.14. The minimum absolute atomic E-state index is 0.221. The molecule has 2 amide bonds. The number of thioether (sulfide) groups is 1. The van der Waals surface area contributed by atoms with E-state index in [2.05, 4.69) is 22.6 Å². The molecule has 1 aliphatic rings. The Bertz CT molecular complexity index is 1240. The Morgan fingerprint density at radius 1 is 1.00 bits per heavy atom. The molecule has 166 valence electrons. The molecule has 0 atom stereocenters. The van der Waals surface area contributed by atoms with Crippen molar-refractivity contribution in [2.45, 2.75) is 6.54 Å². The summed E-state index contributed by atoms with van der Waals surface area (Å²) < 4.78 is 11.6. The Morgan fingerprint density at radius 3 is 2.42 bits per heavy atom. The van der Waals surface area contributed by atoms with E-state index in [0.29, 0.717) is 27.5 Å². The summed E-state index contributed by atoms with van der Waals surface area (Å²) in [6, 6.07) is 21.1. The van der Waals surface area contributed by atoms with Crippen LogP contribution in [0.2, 0.25) is 0 Å². The van der Waals surface area contributed by atoms with Crippen LogP contribution in [0.25, 0.3) is 6.08 Å². The number of imide groups is 1. The van der Waals surface area contributed by atoms with Crippen molar-refractivity contribution in [3.63, 3.8) is 0 Å². The van der Waals surface area contributed by atoms with Gasteiger partial charge in [0.2, 0.25) is 0 Å². The van der Waals surface area contributed by atoms with Gasteiger partial charge < -0.3 is 9.47 Å². The molecule has 6 nitrogen and oxygen atoms in total. The number of hydrogen-bond donors (Lipinski definition) is 0. The number of esters is 1. The van der Waals surface area contributed by atoms with Gasteiger partial charge in [0.05, 0.1) is 24.1 Å². The first-order valence-corrected chi connectivity index (χ1v) is 11.8. The van der Waals surface area contributed by atoms with E-state index in [1.54, 1.807) is 61.7 Å². The monoisotopic (exact) mass is 571 g/mol. The van der Waals surface area contributed by atoms with Crippen LogP contribution < -0.4 is 9.47 Å². The summed E-state index contributed by atoms with van der Waals surface area (Å²) >= 11 is 3.10. The van der Waals surface area contributed by atoms with Gasteiger partial charge in [0, 0.05) is 3.57 Å². The Morgan fingerprint density at radius 2 is 1.73 bits per heavy atom. The highest BCUT2D eigenvalue weighted by molar-refractivity contribution is 14.1. The molecule has 0 aromatic heterocycles. The summed E-state index contributed by atoms with van der Waals surface area (Å²) in [5.74, 6) is 0.129. The molecule has 1 aliphatic heterocycles. The van der Waals surface area contributed by atoms with Crippen LogP contribution >= 0.6 is 34.4 Å². The topological polar surface area (TPSA) is 72.9 Å². The van der Waals surface area contributed by atoms with Gasteiger partial charge in [-0.25, -0.2) is 4.79 Å². The number of methoxy groups -OCH3 is 1. The molecule has 3 aromatic carbocycles. The molecule has 1 fully saturated rings. The number of ether oxygens (including phenoxy) is 2. The van der Waals surface area contributed by atoms with E-state index in [4.69, 9.17) is 9.47 Å². The molecule has 0 spiro atoms. The van der Waals surface area contributed by atoms with Crippen molar-refractivity contribution in [2.75, 3.05) is 7.11 Å². The summed E-state index contributed by atoms with van der Waals surface area (Å²) in [5.41, 5.74) is 1.92. The zero-order valence-electron chi connectivity index (χ0n) is 17.5. The van der Waals surface area contributed by atoms with Crippen LogP contribution in [0, 0.1) is 3.57 Å². The van der Waals surface area contributed by atoms with E-state index < -0.39 is 5.97 Å². The molecule has 1 saturated heterocycles. The maximum absolute atomic E-state index is 12.8. The molecular formula is C25H18INO5S. The highest BCUT2D eigenvalue weighted by atomic mass is 127. The van der Waals surface area contributed by atoms with Crippen molar-refractivity contribution in [2.24, 2.45) is 0 Å². The normalized spacial score (nSPS) is 14.6. The molecule has 8 heteroatoms. The third-order valence-electron chi connectivity index (χ3n) is 4.82. The van der Waals surface area contributed by atoms with E-state index in [1.807, 2.05) is 24.3 Å². The number of halogens is 1. The van der Waals surface area contributed by atoms with Crippen molar-refractivity contribution >= 4 is 57.5 Å². The number of nitrogens with zero attached hydrogens (tertiary/aromatic N) is 1. The lowest BCUT2D eigenvalue weighted by molar-refractivity contribution is -0.123. The molecule has 0 radical (unpaired) electrons. The molecule has 4 rings (SSSR count).